The molecule has 0 radical (unpaired) electrons. The van der Waals surface area contributed by atoms with Crippen LogP contribution < -0.4 is 0 Å². The van der Waals surface area contributed by atoms with Crippen LogP contribution in [0.4, 0.5) is 0 Å². The summed E-state index contributed by atoms with van der Waals surface area (Å²) in [7, 11) is 0. The van der Waals surface area contributed by atoms with Crippen molar-refractivity contribution in [2.45, 2.75) is 25.4 Å². The zero-order valence-corrected chi connectivity index (χ0v) is 7.58. The average molecular weight is 176 g/mol. The predicted molar refractivity (Wildman–Crippen MR) is 49.6 cm³/mol. The quantitative estimate of drug-likeness (QED) is 0.698. The van der Waals surface area contributed by atoms with Crippen LogP contribution >= 0.6 is 0 Å². The van der Waals surface area contributed by atoms with E-state index in [2.05, 4.69) is 0 Å². The Balaban J connectivity index is 2.28. The number of ketones is 1. The van der Waals surface area contributed by atoms with E-state index >= 15 is 0 Å². The number of carbonyl (C=O) groups excluding carboxylic acids is 1. The molecule has 1 aliphatic rings. The van der Waals surface area contributed by atoms with Gasteiger partial charge in [-0.3, -0.25) is 4.79 Å². The van der Waals surface area contributed by atoms with Gasteiger partial charge in [0.25, 0.3) is 0 Å². The van der Waals surface area contributed by atoms with Gasteiger partial charge in [0, 0.05) is 5.56 Å². The predicted octanol–water partition coefficient (Wildman–Crippen LogP) is 1.87. The lowest BCUT2D eigenvalue weighted by atomic mass is 10.0. The Bertz CT molecular complexity index is 334. The van der Waals surface area contributed by atoms with Gasteiger partial charge in [-0.2, -0.15) is 0 Å². The first kappa shape index (κ1) is 8.45. The van der Waals surface area contributed by atoms with E-state index in [0.29, 0.717) is 5.56 Å². The summed E-state index contributed by atoms with van der Waals surface area (Å²) in [6.45, 7) is 1.54. The number of Topliss-reactive ketones (excluding diaryl/α,β-unsaturated/α-hetero) is 1. The minimum absolute atomic E-state index is 0.0642. The number of carbonyl (C=O) groups is 1. The molecule has 0 unspecified atom stereocenters. The number of rotatable bonds is 2. The largest absolute Gasteiger partial charge is 0.385 e. The standard InChI is InChI=1S/C11H12O2/c1-8(12)9-2-4-10(5-3-9)11(13)6-7-11/h2-5,13H,6-7H2,1H3. The molecule has 2 nitrogen and oxygen atoms in total. The first-order valence-electron chi connectivity index (χ1n) is 4.46. The number of hydrogen-bond donors (Lipinski definition) is 1. The van der Waals surface area contributed by atoms with Crippen LogP contribution in [0.3, 0.4) is 0 Å². The highest BCUT2D eigenvalue weighted by molar-refractivity contribution is 5.94. The molecule has 0 spiro atoms. The highest BCUT2D eigenvalue weighted by atomic mass is 16.3. The fraction of sp³-hybridized carbons (Fsp3) is 0.364. The Kier molecular flexibility index (Phi) is 1.74. The lowest BCUT2D eigenvalue weighted by molar-refractivity contribution is 0.101. The molecule has 2 heteroatoms. The Labute approximate surface area is 77.2 Å². The van der Waals surface area contributed by atoms with Crippen molar-refractivity contribution in [3.05, 3.63) is 35.4 Å². The first-order valence-corrected chi connectivity index (χ1v) is 4.46. The molecule has 0 heterocycles. The first-order chi connectivity index (χ1) is 6.12. The lowest BCUT2D eigenvalue weighted by Gasteiger charge is -2.07. The van der Waals surface area contributed by atoms with E-state index in [-0.39, 0.29) is 5.78 Å². The zero-order valence-electron chi connectivity index (χ0n) is 7.58. The van der Waals surface area contributed by atoms with Crippen LogP contribution in [0.1, 0.15) is 35.7 Å². The van der Waals surface area contributed by atoms with E-state index in [1.54, 1.807) is 19.1 Å². The van der Waals surface area contributed by atoms with E-state index in [4.69, 9.17) is 0 Å². The summed E-state index contributed by atoms with van der Waals surface area (Å²) >= 11 is 0. The maximum absolute atomic E-state index is 11.0. The van der Waals surface area contributed by atoms with Crippen LogP contribution in [0.5, 0.6) is 0 Å². The summed E-state index contributed by atoms with van der Waals surface area (Å²) in [5, 5.41) is 9.74. The molecular formula is C11H12O2. The Morgan fingerprint density at radius 2 is 1.85 bits per heavy atom. The molecule has 1 N–H and O–H groups in total. The van der Waals surface area contributed by atoms with E-state index in [1.165, 1.54) is 0 Å². The molecule has 0 atom stereocenters. The fourth-order valence-electron chi connectivity index (χ4n) is 1.42. The van der Waals surface area contributed by atoms with Crippen molar-refractivity contribution in [2.24, 2.45) is 0 Å². The highest BCUT2D eigenvalue weighted by Gasteiger charge is 2.41. The smallest absolute Gasteiger partial charge is 0.159 e. The third kappa shape index (κ3) is 1.49. The topological polar surface area (TPSA) is 37.3 Å². The van der Waals surface area contributed by atoms with Crippen LogP contribution in [-0.2, 0) is 5.60 Å². The molecule has 68 valence electrons. The average Bonchev–Trinajstić information content (AvgIpc) is 2.85. The van der Waals surface area contributed by atoms with Gasteiger partial charge in [-0.25, -0.2) is 0 Å². The summed E-state index contributed by atoms with van der Waals surface area (Å²) in [6.07, 6.45) is 1.68. The van der Waals surface area contributed by atoms with Crippen molar-refractivity contribution >= 4 is 5.78 Å². The molecule has 13 heavy (non-hydrogen) atoms. The molecule has 1 aliphatic carbocycles. The Hall–Kier alpha value is -1.15. The van der Waals surface area contributed by atoms with E-state index in [9.17, 15) is 9.90 Å². The summed E-state index contributed by atoms with van der Waals surface area (Å²) in [5.41, 5.74) is 1.04. The van der Waals surface area contributed by atoms with Gasteiger partial charge in [-0.15, -0.1) is 0 Å². The van der Waals surface area contributed by atoms with Crippen molar-refractivity contribution in [3.8, 4) is 0 Å². The van der Waals surface area contributed by atoms with Gasteiger partial charge in [-0.05, 0) is 25.3 Å². The third-order valence-electron chi connectivity index (χ3n) is 2.55. The molecule has 1 fully saturated rings. The molecule has 0 aromatic heterocycles. The third-order valence-corrected chi connectivity index (χ3v) is 2.55. The van der Waals surface area contributed by atoms with Crippen LogP contribution in [0, 0.1) is 0 Å². The van der Waals surface area contributed by atoms with Crippen LogP contribution in [0.2, 0.25) is 0 Å². The Morgan fingerprint density at radius 1 is 1.31 bits per heavy atom. The second-order valence-electron chi connectivity index (χ2n) is 3.67. The van der Waals surface area contributed by atoms with Gasteiger partial charge >= 0.3 is 0 Å². The SMILES string of the molecule is CC(=O)c1ccc(C2(O)CC2)cc1. The summed E-state index contributed by atoms with van der Waals surface area (Å²) in [4.78, 5) is 11.0. The maximum Gasteiger partial charge on any atom is 0.159 e. The van der Waals surface area contributed by atoms with Crippen molar-refractivity contribution < 1.29 is 9.90 Å². The zero-order chi connectivity index (χ0) is 9.47. The van der Waals surface area contributed by atoms with Crippen molar-refractivity contribution in [1.29, 1.82) is 0 Å². The molecule has 0 aliphatic heterocycles. The number of aliphatic hydroxyl groups is 1. The molecular weight excluding hydrogens is 164 g/mol. The molecule has 1 saturated carbocycles. The monoisotopic (exact) mass is 176 g/mol. The van der Waals surface area contributed by atoms with Crippen molar-refractivity contribution in [1.82, 2.24) is 0 Å². The molecule has 0 saturated heterocycles. The van der Waals surface area contributed by atoms with Crippen LogP contribution in [-0.4, -0.2) is 10.9 Å². The highest BCUT2D eigenvalue weighted by Crippen LogP contribution is 2.45. The van der Waals surface area contributed by atoms with Gasteiger partial charge < -0.3 is 5.11 Å². The van der Waals surface area contributed by atoms with Gasteiger partial charge in [-0.1, -0.05) is 24.3 Å². The maximum atomic E-state index is 11.0. The van der Waals surface area contributed by atoms with Crippen molar-refractivity contribution in [2.75, 3.05) is 0 Å². The fourth-order valence-corrected chi connectivity index (χ4v) is 1.42. The van der Waals surface area contributed by atoms with Gasteiger partial charge in [0.05, 0.1) is 5.60 Å². The second kappa shape index (κ2) is 2.67. The molecule has 1 aromatic carbocycles. The summed E-state index contributed by atoms with van der Waals surface area (Å²) in [6, 6.07) is 7.22. The van der Waals surface area contributed by atoms with Crippen LogP contribution in [0.25, 0.3) is 0 Å². The summed E-state index contributed by atoms with van der Waals surface area (Å²) < 4.78 is 0. The molecule has 0 amide bonds. The van der Waals surface area contributed by atoms with Crippen molar-refractivity contribution in [3.63, 3.8) is 0 Å². The summed E-state index contributed by atoms with van der Waals surface area (Å²) in [5.74, 6) is 0.0642. The van der Waals surface area contributed by atoms with E-state index in [1.807, 2.05) is 12.1 Å². The van der Waals surface area contributed by atoms with E-state index < -0.39 is 5.60 Å². The molecule has 1 aromatic rings. The van der Waals surface area contributed by atoms with Crippen LogP contribution in [0.15, 0.2) is 24.3 Å². The number of benzene rings is 1. The van der Waals surface area contributed by atoms with Gasteiger partial charge in [0.15, 0.2) is 5.78 Å². The van der Waals surface area contributed by atoms with E-state index in [0.717, 1.165) is 18.4 Å². The molecule has 0 bridgehead atoms. The molecule has 2 rings (SSSR count). The second-order valence-corrected chi connectivity index (χ2v) is 3.67. The lowest BCUT2D eigenvalue weighted by Crippen LogP contribution is -2.04. The minimum Gasteiger partial charge on any atom is -0.385 e. The number of hydrogen-bond acceptors (Lipinski definition) is 2. The Morgan fingerprint density at radius 3 is 2.23 bits per heavy atom. The van der Waals surface area contributed by atoms with Gasteiger partial charge in [0.1, 0.15) is 0 Å². The normalized spacial score (nSPS) is 18.3. The van der Waals surface area contributed by atoms with Gasteiger partial charge in [0.2, 0.25) is 0 Å². The minimum atomic E-state index is -0.588.